The Labute approximate surface area is 168 Å². The van der Waals surface area contributed by atoms with Crippen LogP contribution >= 0.6 is 0 Å². The van der Waals surface area contributed by atoms with E-state index < -0.39 is 47.1 Å². The number of nitrogens with one attached hydrogen (secondary N) is 2. The lowest BCUT2D eigenvalue weighted by atomic mass is 10.2. The Morgan fingerprint density at radius 1 is 0.933 bits per heavy atom. The Morgan fingerprint density at radius 3 is 2.40 bits per heavy atom. The summed E-state index contributed by atoms with van der Waals surface area (Å²) in [6, 6.07) is 12.9. The van der Waals surface area contributed by atoms with Gasteiger partial charge in [-0.05, 0) is 23.8 Å². The number of carbonyl (C=O) groups excluding carboxylic acids is 2. The molecule has 0 fully saturated rings. The van der Waals surface area contributed by atoms with Crippen molar-refractivity contribution >= 4 is 17.5 Å². The number of benzene rings is 2. The fraction of sp³-hybridized carbons (Fsp3) is 0.100. The molecule has 0 atom stereocenters. The van der Waals surface area contributed by atoms with Crippen molar-refractivity contribution in [3.05, 3.63) is 93.7 Å². The average molecular weight is 416 g/mol. The molecule has 0 saturated heterocycles. The van der Waals surface area contributed by atoms with E-state index in [0.717, 1.165) is 16.3 Å². The largest absolute Gasteiger partial charge is 0.342 e. The third kappa shape index (κ3) is 4.90. The molecule has 154 valence electrons. The van der Waals surface area contributed by atoms with E-state index in [-0.39, 0.29) is 12.2 Å². The maximum Gasteiger partial charge on any atom is 0.272 e. The Balaban J connectivity index is 1.63. The van der Waals surface area contributed by atoms with Crippen LogP contribution in [-0.2, 0) is 11.3 Å². The van der Waals surface area contributed by atoms with Crippen molar-refractivity contribution in [1.82, 2.24) is 15.1 Å². The van der Waals surface area contributed by atoms with Crippen LogP contribution in [0.25, 0.3) is 0 Å². The van der Waals surface area contributed by atoms with Crippen molar-refractivity contribution < 1.29 is 22.8 Å². The maximum absolute atomic E-state index is 13.6. The highest BCUT2D eigenvalue weighted by Gasteiger charge is 2.16. The van der Waals surface area contributed by atoms with Crippen LogP contribution in [0, 0.1) is 17.5 Å². The Kier molecular flexibility index (Phi) is 6.26. The number of nitrogens with zero attached hydrogens (tertiary/aromatic N) is 2. The van der Waals surface area contributed by atoms with Gasteiger partial charge in [-0.15, -0.1) is 0 Å². The highest BCUT2D eigenvalue weighted by atomic mass is 19.2. The second kappa shape index (κ2) is 9.03. The van der Waals surface area contributed by atoms with E-state index in [1.807, 2.05) is 11.4 Å². The summed E-state index contributed by atoms with van der Waals surface area (Å²) in [5.41, 5.74) is -0.292. The predicted molar refractivity (Wildman–Crippen MR) is 101 cm³/mol. The third-order valence-corrected chi connectivity index (χ3v) is 3.99. The maximum atomic E-state index is 13.6. The number of rotatable bonds is 6. The molecular weight excluding hydrogens is 401 g/mol. The fourth-order valence-electron chi connectivity index (χ4n) is 2.51. The van der Waals surface area contributed by atoms with E-state index in [1.165, 1.54) is 12.1 Å². The molecule has 7 nitrogen and oxygen atoms in total. The summed E-state index contributed by atoms with van der Waals surface area (Å²) in [6.07, 6.45) is 0. The average Bonchev–Trinajstić information content (AvgIpc) is 2.75. The topological polar surface area (TPSA) is 93.1 Å². The Bertz CT molecular complexity index is 1150. The van der Waals surface area contributed by atoms with Gasteiger partial charge in [0.05, 0.1) is 18.8 Å². The van der Waals surface area contributed by atoms with Crippen molar-refractivity contribution in [3.63, 3.8) is 0 Å². The first-order valence-corrected chi connectivity index (χ1v) is 8.69. The summed E-state index contributed by atoms with van der Waals surface area (Å²) in [7, 11) is 0. The second-order valence-electron chi connectivity index (χ2n) is 6.15. The minimum atomic E-state index is -1.72. The van der Waals surface area contributed by atoms with Crippen molar-refractivity contribution in [1.29, 1.82) is 0 Å². The van der Waals surface area contributed by atoms with Gasteiger partial charge in [-0.3, -0.25) is 14.4 Å². The molecule has 0 bridgehead atoms. The molecule has 0 radical (unpaired) electrons. The minimum Gasteiger partial charge on any atom is -0.342 e. The molecule has 1 heterocycles. The van der Waals surface area contributed by atoms with Gasteiger partial charge in [0.2, 0.25) is 5.91 Å². The monoisotopic (exact) mass is 416 g/mol. The summed E-state index contributed by atoms with van der Waals surface area (Å²) in [6.45, 7) is -0.437. The molecule has 30 heavy (non-hydrogen) atoms. The smallest absolute Gasteiger partial charge is 0.272 e. The molecule has 0 saturated carbocycles. The zero-order chi connectivity index (χ0) is 21.7. The molecule has 2 aromatic carbocycles. The van der Waals surface area contributed by atoms with Crippen LogP contribution in [0.1, 0.15) is 16.1 Å². The zero-order valence-corrected chi connectivity index (χ0v) is 15.4. The first kappa shape index (κ1) is 20.8. The normalized spacial score (nSPS) is 10.5. The molecule has 0 aliphatic heterocycles. The van der Waals surface area contributed by atoms with Gasteiger partial charge in [-0.2, -0.15) is 5.10 Å². The summed E-state index contributed by atoms with van der Waals surface area (Å²) >= 11 is 0. The van der Waals surface area contributed by atoms with Crippen LogP contribution in [-0.4, -0.2) is 28.1 Å². The number of anilines is 1. The highest BCUT2D eigenvalue weighted by Crippen LogP contribution is 2.19. The summed E-state index contributed by atoms with van der Waals surface area (Å²) in [5.74, 6) is -6.29. The number of halogens is 3. The fourth-order valence-corrected chi connectivity index (χ4v) is 2.51. The van der Waals surface area contributed by atoms with Crippen LogP contribution in [0.2, 0.25) is 0 Å². The van der Waals surface area contributed by atoms with Gasteiger partial charge >= 0.3 is 0 Å². The van der Waals surface area contributed by atoms with E-state index in [1.54, 1.807) is 24.3 Å². The third-order valence-electron chi connectivity index (χ3n) is 3.99. The number of amides is 2. The van der Waals surface area contributed by atoms with E-state index in [4.69, 9.17) is 0 Å². The van der Waals surface area contributed by atoms with Gasteiger partial charge in [-0.1, -0.05) is 30.3 Å². The number of hydrogen-bond acceptors (Lipinski definition) is 4. The number of hydrogen-bond donors (Lipinski definition) is 2. The minimum absolute atomic E-state index is 0.114. The predicted octanol–water partition coefficient (Wildman–Crippen LogP) is 2.08. The van der Waals surface area contributed by atoms with Gasteiger partial charge < -0.3 is 10.6 Å². The molecule has 2 amide bonds. The number of carbonyl (C=O) groups is 2. The molecule has 3 rings (SSSR count). The Hall–Kier alpha value is -3.95. The van der Waals surface area contributed by atoms with Crippen molar-refractivity contribution in [2.45, 2.75) is 6.54 Å². The molecule has 0 aliphatic rings. The van der Waals surface area contributed by atoms with E-state index in [0.29, 0.717) is 6.07 Å². The van der Waals surface area contributed by atoms with Crippen LogP contribution in [0.3, 0.4) is 0 Å². The molecule has 0 aliphatic carbocycles. The zero-order valence-electron chi connectivity index (χ0n) is 15.4. The van der Waals surface area contributed by atoms with Gasteiger partial charge in [0.1, 0.15) is 5.69 Å². The first-order valence-electron chi connectivity index (χ1n) is 8.69. The van der Waals surface area contributed by atoms with Crippen LogP contribution < -0.4 is 16.2 Å². The lowest BCUT2D eigenvalue weighted by molar-refractivity contribution is -0.115. The van der Waals surface area contributed by atoms with Gasteiger partial charge in [0, 0.05) is 6.07 Å². The standard InChI is InChI=1S/C20H15F3N4O3/c21-13-6-7-14(19(23)18(13)22)25-16(28)10-24-20(30)15-8-9-17(29)27(26-15)11-12-4-2-1-3-5-12/h1-9H,10-11H2,(H,24,30)(H,25,28). The molecule has 1 aromatic heterocycles. The first-order chi connectivity index (χ1) is 14.3. The SMILES string of the molecule is O=C(CNC(=O)c1ccc(=O)n(Cc2ccccc2)n1)Nc1ccc(F)c(F)c1F. The quantitative estimate of drug-likeness (QED) is 0.602. The van der Waals surface area contributed by atoms with Gasteiger partial charge in [0.15, 0.2) is 17.5 Å². The summed E-state index contributed by atoms with van der Waals surface area (Å²) in [4.78, 5) is 36.1. The van der Waals surface area contributed by atoms with Crippen molar-refractivity contribution in [2.75, 3.05) is 11.9 Å². The molecule has 3 aromatic rings. The van der Waals surface area contributed by atoms with Gasteiger partial charge in [0.25, 0.3) is 11.5 Å². The molecule has 0 unspecified atom stereocenters. The molecule has 2 N–H and O–H groups in total. The van der Waals surface area contributed by atoms with Crippen molar-refractivity contribution in [3.8, 4) is 0 Å². The van der Waals surface area contributed by atoms with Gasteiger partial charge in [-0.25, -0.2) is 17.9 Å². The lowest BCUT2D eigenvalue weighted by Gasteiger charge is -2.09. The van der Waals surface area contributed by atoms with Crippen LogP contribution in [0.5, 0.6) is 0 Å². The Morgan fingerprint density at radius 2 is 1.67 bits per heavy atom. The highest BCUT2D eigenvalue weighted by molar-refractivity contribution is 5.98. The molecular formula is C20H15F3N4O3. The molecule has 10 heteroatoms. The number of aromatic nitrogens is 2. The van der Waals surface area contributed by atoms with Crippen LogP contribution in [0.15, 0.2) is 59.4 Å². The van der Waals surface area contributed by atoms with Crippen LogP contribution in [0.4, 0.5) is 18.9 Å². The summed E-state index contributed by atoms with van der Waals surface area (Å²) in [5, 5.41) is 8.26. The lowest BCUT2D eigenvalue weighted by Crippen LogP contribution is -2.35. The van der Waals surface area contributed by atoms with E-state index in [9.17, 15) is 27.6 Å². The van der Waals surface area contributed by atoms with Crippen molar-refractivity contribution in [2.24, 2.45) is 0 Å². The van der Waals surface area contributed by atoms with E-state index in [2.05, 4.69) is 10.4 Å². The molecule has 0 spiro atoms. The van der Waals surface area contributed by atoms with E-state index >= 15 is 0 Å². The summed E-state index contributed by atoms with van der Waals surface area (Å²) < 4.78 is 40.8. The second-order valence-corrected chi connectivity index (χ2v) is 6.15.